The van der Waals surface area contributed by atoms with Gasteiger partial charge in [-0.3, -0.25) is 0 Å². The highest BCUT2D eigenvalue weighted by molar-refractivity contribution is 7.99. The number of benzene rings is 2. The molecule has 0 heterocycles. The molecule has 0 saturated heterocycles. The second-order valence-electron chi connectivity index (χ2n) is 4.51. The van der Waals surface area contributed by atoms with Gasteiger partial charge < -0.3 is 20.3 Å². The van der Waals surface area contributed by atoms with E-state index in [0.29, 0.717) is 11.4 Å². The van der Waals surface area contributed by atoms with E-state index < -0.39 is 6.10 Å². The Kier molecular flexibility index (Phi) is 5.36. The van der Waals surface area contributed by atoms with Crippen LogP contribution in [0.1, 0.15) is 11.7 Å². The molecule has 21 heavy (non-hydrogen) atoms. The summed E-state index contributed by atoms with van der Waals surface area (Å²) in [4.78, 5) is 0.952. The van der Waals surface area contributed by atoms with E-state index in [9.17, 15) is 5.11 Å². The number of aliphatic hydroxyl groups is 1. The first-order chi connectivity index (χ1) is 10.1. The molecule has 0 amide bonds. The van der Waals surface area contributed by atoms with Crippen molar-refractivity contribution in [2.45, 2.75) is 11.0 Å². The van der Waals surface area contributed by atoms with Crippen molar-refractivity contribution in [3.63, 3.8) is 0 Å². The van der Waals surface area contributed by atoms with Crippen molar-refractivity contribution in [3.05, 3.63) is 48.0 Å². The van der Waals surface area contributed by atoms with Gasteiger partial charge in [-0.2, -0.15) is 0 Å². The highest BCUT2D eigenvalue weighted by Gasteiger charge is 2.11. The summed E-state index contributed by atoms with van der Waals surface area (Å²) in [5.41, 5.74) is 7.22. The second-order valence-corrected chi connectivity index (χ2v) is 5.58. The molecule has 0 saturated carbocycles. The van der Waals surface area contributed by atoms with Crippen LogP contribution < -0.4 is 15.2 Å². The third-order valence-electron chi connectivity index (χ3n) is 3.06. The number of aliphatic hydroxyl groups excluding tert-OH is 1. The van der Waals surface area contributed by atoms with Crippen molar-refractivity contribution in [3.8, 4) is 11.5 Å². The SMILES string of the molecule is COc1cccc(C(O)CSc2ccc(N)cc2OC)c1. The number of anilines is 1. The van der Waals surface area contributed by atoms with Crippen LogP contribution in [0.25, 0.3) is 0 Å². The Bertz CT molecular complexity index is 604. The lowest BCUT2D eigenvalue weighted by Crippen LogP contribution is -2.01. The third-order valence-corrected chi connectivity index (χ3v) is 4.19. The van der Waals surface area contributed by atoms with Crippen LogP contribution in [0.2, 0.25) is 0 Å². The van der Waals surface area contributed by atoms with Gasteiger partial charge in [-0.25, -0.2) is 0 Å². The molecule has 2 aromatic rings. The predicted molar refractivity (Wildman–Crippen MR) is 86.1 cm³/mol. The van der Waals surface area contributed by atoms with Crippen LogP contribution in [0.3, 0.4) is 0 Å². The Morgan fingerprint density at radius 2 is 1.95 bits per heavy atom. The van der Waals surface area contributed by atoms with Crippen molar-refractivity contribution in [1.82, 2.24) is 0 Å². The smallest absolute Gasteiger partial charge is 0.134 e. The molecule has 1 atom stereocenters. The van der Waals surface area contributed by atoms with Gasteiger partial charge in [0, 0.05) is 22.4 Å². The van der Waals surface area contributed by atoms with E-state index in [1.165, 1.54) is 11.8 Å². The summed E-state index contributed by atoms with van der Waals surface area (Å²) in [6, 6.07) is 12.9. The molecule has 0 aliphatic heterocycles. The summed E-state index contributed by atoms with van der Waals surface area (Å²) >= 11 is 1.53. The fourth-order valence-corrected chi connectivity index (χ4v) is 2.90. The Balaban J connectivity index is 2.05. The fourth-order valence-electron chi connectivity index (χ4n) is 1.92. The summed E-state index contributed by atoms with van der Waals surface area (Å²) in [5, 5.41) is 10.3. The maximum Gasteiger partial charge on any atom is 0.134 e. The second kappa shape index (κ2) is 7.24. The van der Waals surface area contributed by atoms with Crippen LogP contribution in [0.4, 0.5) is 5.69 Å². The highest BCUT2D eigenvalue weighted by Crippen LogP contribution is 2.33. The molecule has 3 N–H and O–H groups in total. The maximum absolute atomic E-state index is 10.3. The largest absolute Gasteiger partial charge is 0.497 e. The van der Waals surface area contributed by atoms with E-state index in [-0.39, 0.29) is 0 Å². The van der Waals surface area contributed by atoms with Crippen LogP contribution in [0.15, 0.2) is 47.4 Å². The molecular formula is C16H19NO3S. The maximum atomic E-state index is 10.3. The molecule has 0 spiro atoms. The quantitative estimate of drug-likeness (QED) is 0.634. The summed E-state index contributed by atoms with van der Waals surface area (Å²) < 4.78 is 10.5. The lowest BCUT2D eigenvalue weighted by atomic mass is 10.1. The molecule has 4 nitrogen and oxygen atoms in total. The Morgan fingerprint density at radius 1 is 1.14 bits per heavy atom. The zero-order valence-corrected chi connectivity index (χ0v) is 12.9. The van der Waals surface area contributed by atoms with Gasteiger partial charge in [0.25, 0.3) is 0 Å². The summed E-state index contributed by atoms with van der Waals surface area (Å²) in [5.74, 6) is 1.98. The summed E-state index contributed by atoms with van der Waals surface area (Å²) in [6.45, 7) is 0. The van der Waals surface area contributed by atoms with E-state index in [0.717, 1.165) is 22.0 Å². The van der Waals surface area contributed by atoms with Gasteiger partial charge in [0.1, 0.15) is 11.5 Å². The number of rotatable bonds is 6. The molecule has 1 unspecified atom stereocenters. The molecule has 0 aliphatic rings. The first-order valence-corrected chi connectivity index (χ1v) is 7.51. The van der Waals surface area contributed by atoms with Crippen LogP contribution in [0, 0.1) is 0 Å². The standard InChI is InChI=1S/C16H19NO3S/c1-19-13-5-3-4-11(8-13)14(18)10-21-16-7-6-12(17)9-15(16)20-2/h3-9,14,18H,10,17H2,1-2H3. The Hall–Kier alpha value is -1.85. The number of thioether (sulfide) groups is 1. The monoisotopic (exact) mass is 305 g/mol. The fraction of sp³-hybridized carbons (Fsp3) is 0.250. The van der Waals surface area contributed by atoms with E-state index in [1.807, 2.05) is 36.4 Å². The molecular weight excluding hydrogens is 286 g/mol. The Morgan fingerprint density at radius 3 is 2.67 bits per heavy atom. The van der Waals surface area contributed by atoms with Gasteiger partial charge in [-0.15, -0.1) is 11.8 Å². The normalized spacial score (nSPS) is 12.0. The van der Waals surface area contributed by atoms with Crippen molar-refractivity contribution < 1.29 is 14.6 Å². The zero-order valence-electron chi connectivity index (χ0n) is 12.1. The highest BCUT2D eigenvalue weighted by atomic mass is 32.2. The topological polar surface area (TPSA) is 64.7 Å². The van der Waals surface area contributed by atoms with Crippen LogP contribution in [-0.2, 0) is 0 Å². The van der Waals surface area contributed by atoms with Crippen LogP contribution >= 0.6 is 11.8 Å². The van der Waals surface area contributed by atoms with E-state index in [2.05, 4.69) is 0 Å². The van der Waals surface area contributed by atoms with E-state index in [1.54, 1.807) is 20.3 Å². The Labute approximate surface area is 128 Å². The number of hydrogen-bond acceptors (Lipinski definition) is 5. The molecule has 2 rings (SSSR count). The summed E-state index contributed by atoms with van der Waals surface area (Å²) in [6.07, 6.45) is -0.577. The minimum absolute atomic E-state index is 0.521. The molecule has 0 fully saturated rings. The lowest BCUT2D eigenvalue weighted by Gasteiger charge is -2.13. The van der Waals surface area contributed by atoms with Crippen LogP contribution in [0.5, 0.6) is 11.5 Å². The van der Waals surface area contributed by atoms with Crippen LogP contribution in [-0.4, -0.2) is 25.1 Å². The molecule has 0 bridgehead atoms. The lowest BCUT2D eigenvalue weighted by molar-refractivity contribution is 0.203. The summed E-state index contributed by atoms with van der Waals surface area (Å²) in [7, 11) is 3.22. The molecule has 0 aliphatic carbocycles. The first kappa shape index (κ1) is 15.5. The number of ether oxygens (including phenoxy) is 2. The average Bonchev–Trinajstić information content (AvgIpc) is 2.53. The molecule has 2 aromatic carbocycles. The predicted octanol–water partition coefficient (Wildman–Crippen LogP) is 3.11. The number of nitrogens with two attached hydrogens (primary N) is 1. The van der Waals surface area contributed by atoms with E-state index >= 15 is 0 Å². The zero-order chi connectivity index (χ0) is 15.2. The number of methoxy groups -OCH3 is 2. The van der Waals surface area contributed by atoms with Gasteiger partial charge >= 0.3 is 0 Å². The number of nitrogen functional groups attached to an aromatic ring is 1. The third kappa shape index (κ3) is 4.06. The minimum atomic E-state index is -0.577. The van der Waals surface area contributed by atoms with Gasteiger partial charge in [0.2, 0.25) is 0 Å². The van der Waals surface area contributed by atoms with Crippen molar-refractivity contribution >= 4 is 17.4 Å². The molecule has 0 radical (unpaired) electrons. The van der Waals surface area contributed by atoms with Gasteiger partial charge in [0.15, 0.2) is 0 Å². The van der Waals surface area contributed by atoms with Crippen molar-refractivity contribution in [2.75, 3.05) is 25.7 Å². The van der Waals surface area contributed by atoms with Crippen molar-refractivity contribution in [1.29, 1.82) is 0 Å². The molecule has 0 aromatic heterocycles. The molecule has 5 heteroatoms. The van der Waals surface area contributed by atoms with E-state index in [4.69, 9.17) is 15.2 Å². The van der Waals surface area contributed by atoms with Crippen molar-refractivity contribution in [2.24, 2.45) is 0 Å². The number of hydrogen-bond donors (Lipinski definition) is 2. The average molecular weight is 305 g/mol. The first-order valence-electron chi connectivity index (χ1n) is 6.52. The molecule has 112 valence electrons. The van der Waals surface area contributed by atoms with Gasteiger partial charge in [0.05, 0.1) is 20.3 Å². The van der Waals surface area contributed by atoms with Gasteiger partial charge in [-0.1, -0.05) is 12.1 Å². The van der Waals surface area contributed by atoms with Gasteiger partial charge in [-0.05, 0) is 29.8 Å². The minimum Gasteiger partial charge on any atom is -0.497 e.